The molecule has 0 amide bonds. The highest BCUT2D eigenvalue weighted by atomic mass is 14.9. The van der Waals surface area contributed by atoms with E-state index < -0.39 is 0 Å². The van der Waals surface area contributed by atoms with E-state index in [1.807, 2.05) is 42.5 Å². The minimum absolute atomic E-state index is 0.312. The molecule has 0 fully saturated rings. The molecule has 0 saturated carbocycles. The number of benzene rings is 1. The van der Waals surface area contributed by atoms with E-state index in [-0.39, 0.29) is 0 Å². The van der Waals surface area contributed by atoms with E-state index in [1.165, 1.54) is 0 Å². The topological polar surface area (TPSA) is 87.6 Å². The number of nitrogens with two attached hydrogens (primary N) is 1. The number of hydrogen-bond acceptors (Lipinski definition) is 5. The molecule has 1 aliphatic heterocycles. The van der Waals surface area contributed by atoms with Crippen molar-refractivity contribution >= 4 is 5.82 Å². The molecule has 5 nitrogen and oxygen atoms in total. The summed E-state index contributed by atoms with van der Waals surface area (Å²) in [5.74, 6) is 0.312. The molecule has 0 unspecified atom stereocenters. The lowest BCUT2D eigenvalue weighted by Crippen LogP contribution is -2.26. The van der Waals surface area contributed by atoms with Crippen molar-refractivity contribution in [3.63, 3.8) is 0 Å². The summed E-state index contributed by atoms with van der Waals surface area (Å²) in [5.41, 5.74) is 12.4. The van der Waals surface area contributed by atoms with Gasteiger partial charge in [-0.15, -0.1) is 0 Å². The maximum atomic E-state index is 9.59. The molecule has 3 aromatic rings. The SMILES string of the molecule is N#Cc1c(N)nc2c(c1-c1ccc(-c3ccccn3)cc1)CNCC2. The molecule has 122 valence electrons. The molecule has 0 radical (unpaired) electrons. The minimum atomic E-state index is 0.312. The van der Waals surface area contributed by atoms with E-state index in [0.717, 1.165) is 46.6 Å². The number of nitrogen functional groups attached to an aromatic ring is 1. The smallest absolute Gasteiger partial charge is 0.142 e. The molecule has 25 heavy (non-hydrogen) atoms. The third-order valence-electron chi connectivity index (χ3n) is 4.50. The highest BCUT2D eigenvalue weighted by molar-refractivity contribution is 5.80. The number of fused-ring (bicyclic) bond motifs is 1. The van der Waals surface area contributed by atoms with Crippen LogP contribution < -0.4 is 11.1 Å². The van der Waals surface area contributed by atoms with Gasteiger partial charge in [0.25, 0.3) is 0 Å². The Bertz CT molecular complexity index is 956. The van der Waals surface area contributed by atoms with Gasteiger partial charge in [0.15, 0.2) is 0 Å². The van der Waals surface area contributed by atoms with Crippen molar-refractivity contribution in [2.75, 3.05) is 12.3 Å². The van der Waals surface area contributed by atoms with Crippen LogP contribution in [-0.2, 0) is 13.0 Å². The summed E-state index contributed by atoms with van der Waals surface area (Å²) in [6, 6.07) is 16.2. The summed E-state index contributed by atoms with van der Waals surface area (Å²) in [6.45, 7) is 1.58. The fourth-order valence-electron chi connectivity index (χ4n) is 3.28. The van der Waals surface area contributed by atoms with Gasteiger partial charge in [-0.25, -0.2) is 4.98 Å². The average Bonchev–Trinajstić information content (AvgIpc) is 2.68. The molecule has 0 spiro atoms. The second-order valence-corrected chi connectivity index (χ2v) is 6.00. The number of nitrogens with one attached hydrogen (secondary N) is 1. The first-order chi connectivity index (χ1) is 12.3. The van der Waals surface area contributed by atoms with Crippen molar-refractivity contribution in [2.45, 2.75) is 13.0 Å². The maximum absolute atomic E-state index is 9.59. The van der Waals surface area contributed by atoms with Gasteiger partial charge in [-0.2, -0.15) is 5.26 Å². The maximum Gasteiger partial charge on any atom is 0.142 e. The zero-order valence-electron chi connectivity index (χ0n) is 13.7. The summed E-state index contributed by atoms with van der Waals surface area (Å²) >= 11 is 0. The number of pyridine rings is 2. The van der Waals surface area contributed by atoms with Gasteiger partial charge in [0.1, 0.15) is 17.5 Å². The Morgan fingerprint density at radius 2 is 1.88 bits per heavy atom. The van der Waals surface area contributed by atoms with Crippen LogP contribution >= 0.6 is 0 Å². The first-order valence-corrected chi connectivity index (χ1v) is 8.22. The summed E-state index contributed by atoms with van der Waals surface area (Å²) in [7, 11) is 0. The van der Waals surface area contributed by atoms with Gasteiger partial charge in [0.2, 0.25) is 0 Å². The third-order valence-corrected chi connectivity index (χ3v) is 4.50. The van der Waals surface area contributed by atoms with Crippen LogP contribution in [0.4, 0.5) is 5.82 Å². The van der Waals surface area contributed by atoms with E-state index in [4.69, 9.17) is 5.73 Å². The number of aromatic nitrogens is 2. The van der Waals surface area contributed by atoms with Crippen LogP contribution in [0.1, 0.15) is 16.8 Å². The number of hydrogen-bond donors (Lipinski definition) is 2. The molecule has 0 saturated heterocycles. The fraction of sp³-hybridized carbons (Fsp3) is 0.150. The molecule has 5 heteroatoms. The Labute approximate surface area is 146 Å². The van der Waals surface area contributed by atoms with Gasteiger partial charge in [0, 0.05) is 42.5 Å². The predicted octanol–water partition coefficient (Wildman–Crippen LogP) is 2.91. The normalized spacial score (nSPS) is 13.1. The average molecular weight is 327 g/mol. The summed E-state index contributed by atoms with van der Waals surface area (Å²) < 4.78 is 0. The van der Waals surface area contributed by atoms with Crippen LogP contribution in [-0.4, -0.2) is 16.5 Å². The van der Waals surface area contributed by atoms with Crippen LogP contribution in [0.5, 0.6) is 0 Å². The van der Waals surface area contributed by atoms with Crippen molar-refractivity contribution in [2.24, 2.45) is 0 Å². The Morgan fingerprint density at radius 3 is 2.60 bits per heavy atom. The lowest BCUT2D eigenvalue weighted by Gasteiger charge is -2.22. The van der Waals surface area contributed by atoms with Crippen molar-refractivity contribution in [3.05, 3.63) is 65.5 Å². The first-order valence-electron chi connectivity index (χ1n) is 8.22. The molecule has 1 aliphatic rings. The van der Waals surface area contributed by atoms with Gasteiger partial charge < -0.3 is 11.1 Å². The molecule has 2 aromatic heterocycles. The summed E-state index contributed by atoms with van der Waals surface area (Å²) in [5, 5.41) is 13.0. The van der Waals surface area contributed by atoms with Crippen LogP contribution in [0.15, 0.2) is 48.7 Å². The zero-order chi connectivity index (χ0) is 17.2. The quantitative estimate of drug-likeness (QED) is 0.755. The molecular formula is C20H17N5. The molecular weight excluding hydrogens is 310 g/mol. The molecule has 0 bridgehead atoms. The van der Waals surface area contributed by atoms with Crippen molar-refractivity contribution in [3.8, 4) is 28.5 Å². The van der Waals surface area contributed by atoms with Crippen LogP contribution in [0, 0.1) is 11.3 Å². The third kappa shape index (κ3) is 2.73. The zero-order valence-corrected chi connectivity index (χ0v) is 13.7. The Kier molecular flexibility index (Phi) is 3.88. The second kappa shape index (κ2) is 6.34. The summed E-state index contributed by atoms with van der Waals surface area (Å²) in [4.78, 5) is 8.82. The number of nitrogens with zero attached hydrogens (tertiary/aromatic N) is 3. The molecule has 4 rings (SSSR count). The number of nitriles is 1. The van der Waals surface area contributed by atoms with Gasteiger partial charge in [-0.3, -0.25) is 4.98 Å². The largest absolute Gasteiger partial charge is 0.383 e. The van der Waals surface area contributed by atoms with Crippen molar-refractivity contribution < 1.29 is 0 Å². The fourth-order valence-corrected chi connectivity index (χ4v) is 3.28. The van der Waals surface area contributed by atoms with Crippen molar-refractivity contribution in [1.29, 1.82) is 5.26 Å². The second-order valence-electron chi connectivity index (χ2n) is 6.00. The summed E-state index contributed by atoms with van der Waals surface area (Å²) in [6.07, 6.45) is 2.60. The van der Waals surface area contributed by atoms with Crippen LogP contribution in [0.3, 0.4) is 0 Å². The monoisotopic (exact) mass is 327 g/mol. The van der Waals surface area contributed by atoms with Crippen LogP contribution in [0.25, 0.3) is 22.4 Å². The molecule has 1 aromatic carbocycles. The molecule has 3 heterocycles. The number of rotatable bonds is 2. The highest BCUT2D eigenvalue weighted by Crippen LogP contribution is 2.34. The van der Waals surface area contributed by atoms with E-state index in [9.17, 15) is 5.26 Å². The molecule has 0 atom stereocenters. The van der Waals surface area contributed by atoms with E-state index in [1.54, 1.807) is 6.20 Å². The predicted molar refractivity (Wildman–Crippen MR) is 97.4 cm³/mol. The number of anilines is 1. The van der Waals surface area contributed by atoms with Gasteiger partial charge in [-0.1, -0.05) is 30.3 Å². The van der Waals surface area contributed by atoms with Crippen molar-refractivity contribution in [1.82, 2.24) is 15.3 Å². The van der Waals surface area contributed by atoms with Gasteiger partial charge >= 0.3 is 0 Å². The standard InChI is InChI=1S/C20H17N5/c21-11-15-19(16-12-23-10-8-18(16)25-20(15)22)14-6-4-13(5-7-14)17-3-1-2-9-24-17/h1-7,9,23H,8,10,12H2,(H2,22,25). The van der Waals surface area contributed by atoms with Crippen LogP contribution in [0.2, 0.25) is 0 Å². The molecule has 0 aliphatic carbocycles. The highest BCUT2D eigenvalue weighted by Gasteiger charge is 2.21. The van der Waals surface area contributed by atoms with E-state index >= 15 is 0 Å². The van der Waals surface area contributed by atoms with Gasteiger partial charge in [-0.05, 0) is 23.3 Å². The Hall–Kier alpha value is -3.23. The Balaban J connectivity index is 1.85. The first kappa shape index (κ1) is 15.3. The van der Waals surface area contributed by atoms with E-state index in [0.29, 0.717) is 17.9 Å². The lowest BCUT2D eigenvalue weighted by molar-refractivity contribution is 0.632. The van der Waals surface area contributed by atoms with Gasteiger partial charge in [0.05, 0.1) is 5.69 Å². The lowest BCUT2D eigenvalue weighted by atomic mass is 9.91. The molecule has 3 N–H and O–H groups in total. The Morgan fingerprint density at radius 1 is 1.08 bits per heavy atom. The van der Waals surface area contributed by atoms with E-state index in [2.05, 4.69) is 21.4 Å². The minimum Gasteiger partial charge on any atom is -0.383 e.